The first-order chi connectivity index (χ1) is 18.7. The smallest absolute Gasteiger partial charge is 0.178 e. The third-order valence-electron chi connectivity index (χ3n) is 7.30. The number of nitrogens with zero attached hydrogens (tertiary/aromatic N) is 5. The van der Waals surface area contributed by atoms with Crippen molar-refractivity contribution in [1.29, 1.82) is 0 Å². The lowest BCUT2D eigenvalue weighted by molar-refractivity contribution is 0.220. The van der Waals surface area contributed by atoms with Gasteiger partial charge in [0.25, 0.3) is 0 Å². The fraction of sp³-hybridized carbons (Fsp3) is 0.200. The Kier molecular flexibility index (Phi) is 5.66. The van der Waals surface area contributed by atoms with Gasteiger partial charge in [0.2, 0.25) is 0 Å². The number of fused-ring (bicyclic) bond motifs is 2. The highest BCUT2D eigenvalue weighted by Gasteiger charge is 2.17. The van der Waals surface area contributed by atoms with Crippen LogP contribution in [0.25, 0.3) is 55.8 Å². The van der Waals surface area contributed by atoms with Gasteiger partial charge in [-0.25, -0.2) is 14.4 Å². The molecule has 5 heterocycles. The van der Waals surface area contributed by atoms with Crippen LogP contribution in [0.3, 0.4) is 0 Å². The van der Waals surface area contributed by atoms with E-state index in [0.29, 0.717) is 17.2 Å². The first kappa shape index (κ1) is 22.7. The van der Waals surface area contributed by atoms with E-state index in [9.17, 15) is 4.39 Å². The first-order valence-corrected chi connectivity index (χ1v) is 13.0. The zero-order chi connectivity index (χ0) is 25.5. The summed E-state index contributed by atoms with van der Waals surface area (Å²) in [6.45, 7) is 3.24. The molecule has 1 saturated heterocycles. The molecule has 2 aromatic carbocycles. The number of piperidine rings is 1. The highest BCUT2D eigenvalue weighted by molar-refractivity contribution is 5.97. The molecule has 0 aliphatic carbocycles. The predicted molar refractivity (Wildman–Crippen MR) is 147 cm³/mol. The summed E-state index contributed by atoms with van der Waals surface area (Å²) in [5, 5.41) is 8.66. The van der Waals surface area contributed by atoms with Crippen molar-refractivity contribution in [3.05, 3.63) is 84.6 Å². The van der Waals surface area contributed by atoms with Crippen molar-refractivity contribution in [3.63, 3.8) is 0 Å². The van der Waals surface area contributed by atoms with Crippen molar-refractivity contribution >= 4 is 22.1 Å². The molecule has 1 aliphatic heterocycles. The fourth-order valence-corrected chi connectivity index (χ4v) is 5.40. The summed E-state index contributed by atoms with van der Waals surface area (Å²) in [6, 6.07) is 16.9. The largest absolute Gasteiger partial charge is 0.335 e. The summed E-state index contributed by atoms with van der Waals surface area (Å²) in [6.07, 6.45) is 9.45. The lowest BCUT2D eigenvalue weighted by Gasteiger charge is -2.26. The van der Waals surface area contributed by atoms with E-state index in [2.05, 4.69) is 48.2 Å². The Labute approximate surface area is 218 Å². The van der Waals surface area contributed by atoms with Crippen molar-refractivity contribution in [2.45, 2.75) is 25.8 Å². The maximum absolute atomic E-state index is 13.9. The number of nitrogens with one attached hydrogen (secondary N) is 2. The number of aromatic nitrogens is 6. The monoisotopic (exact) mass is 503 g/mol. The Balaban J connectivity index is 1.26. The van der Waals surface area contributed by atoms with Crippen LogP contribution >= 0.6 is 0 Å². The summed E-state index contributed by atoms with van der Waals surface area (Å²) < 4.78 is 13.9. The van der Waals surface area contributed by atoms with Crippen LogP contribution in [0.2, 0.25) is 0 Å². The number of benzene rings is 2. The molecule has 4 aromatic heterocycles. The SMILES string of the molecule is Fc1cccc(-c2ccnc3nc(-c4n[nH]c5ccc(-c6cncc(CN7CCCCC7)c6)cc45)[nH]c23)c1. The molecule has 8 heteroatoms. The Morgan fingerprint density at radius 3 is 2.71 bits per heavy atom. The number of aromatic amines is 2. The van der Waals surface area contributed by atoms with Gasteiger partial charge in [-0.1, -0.05) is 24.6 Å². The minimum atomic E-state index is -0.285. The van der Waals surface area contributed by atoms with Crippen molar-refractivity contribution in [1.82, 2.24) is 35.0 Å². The minimum absolute atomic E-state index is 0.285. The number of halogens is 1. The average molecular weight is 504 g/mol. The van der Waals surface area contributed by atoms with Crippen LogP contribution in [0.4, 0.5) is 4.39 Å². The van der Waals surface area contributed by atoms with Crippen molar-refractivity contribution in [2.75, 3.05) is 13.1 Å². The number of imidazole rings is 1. The molecule has 2 N–H and O–H groups in total. The molecule has 1 fully saturated rings. The van der Waals surface area contributed by atoms with E-state index in [4.69, 9.17) is 4.98 Å². The Morgan fingerprint density at radius 2 is 1.82 bits per heavy atom. The molecular weight excluding hydrogens is 477 g/mol. The van der Waals surface area contributed by atoms with E-state index in [0.717, 1.165) is 58.3 Å². The summed E-state index contributed by atoms with van der Waals surface area (Å²) in [4.78, 5) is 19.6. The molecule has 7 nitrogen and oxygen atoms in total. The van der Waals surface area contributed by atoms with Gasteiger partial charge in [-0.05, 0) is 79.0 Å². The van der Waals surface area contributed by atoms with Gasteiger partial charge in [0, 0.05) is 41.6 Å². The van der Waals surface area contributed by atoms with E-state index in [1.165, 1.54) is 37.0 Å². The third kappa shape index (κ3) is 4.22. The van der Waals surface area contributed by atoms with Crippen LogP contribution in [0.1, 0.15) is 24.8 Å². The van der Waals surface area contributed by atoms with Gasteiger partial charge in [0.15, 0.2) is 11.5 Å². The minimum Gasteiger partial charge on any atom is -0.335 e. The van der Waals surface area contributed by atoms with Crippen LogP contribution in [0.15, 0.2) is 73.2 Å². The van der Waals surface area contributed by atoms with Crippen molar-refractivity contribution in [3.8, 4) is 33.8 Å². The highest BCUT2D eigenvalue weighted by Crippen LogP contribution is 2.33. The van der Waals surface area contributed by atoms with Crippen LogP contribution in [0, 0.1) is 5.82 Å². The van der Waals surface area contributed by atoms with Gasteiger partial charge in [0.1, 0.15) is 11.5 Å². The summed E-state index contributed by atoms with van der Waals surface area (Å²) in [5.74, 6) is 0.323. The van der Waals surface area contributed by atoms with Gasteiger partial charge >= 0.3 is 0 Å². The van der Waals surface area contributed by atoms with Crippen LogP contribution in [-0.2, 0) is 6.54 Å². The van der Waals surface area contributed by atoms with E-state index < -0.39 is 0 Å². The maximum Gasteiger partial charge on any atom is 0.178 e. The lowest BCUT2D eigenvalue weighted by atomic mass is 10.0. The highest BCUT2D eigenvalue weighted by atomic mass is 19.1. The molecule has 0 radical (unpaired) electrons. The Bertz CT molecular complexity index is 1760. The van der Waals surface area contributed by atoms with Crippen molar-refractivity contribution < 1.29 is 4.39 Å². The molecule has 0 atom stereocenters. The molecule has 7 rings (SSSR count). The van der Waals surface area contributed by atoms with Crippen LogP contribution in [0.5, 0.6) is 0 Å². The van der Waals surface area contributed by atoms with E-state index in [1.54, 1.807) is 12.3 Å². The second-order valence-corrected chi connectivity index (χ2v) is 9.90. The number of hydrogen-bond donors (Lipinski definition) is 2. The van der Waals surface area contributed by atoms with Gasteiger partial charge in [-0.15, -0.1) is 0 Å². The normalized spacial score (nSPS) is 14.4. The topological polar surface area (TPSA) is 86.4 Å². The summed E-state index contributed by atoms with van der Waals surface area (Å²) in [7, 11) is 0. The molecule has 0 unspecified atom stereocenters. The molecule has 6 aromatic rings. The van der Waals surface area contributed by atoms with Gasteiger partial charge in [0.05, 0.1) is 11.0 Å². The first-order valence-electron chi connectivity index (χ1n) is 13.0. The zero-order valence-electron chi connectivity index (χ0n) is 20.8. The number of H-pyrrole nitrogens is 2. The quantitative estimate of drug-likeness (QED) is 0.286. The lowest BCUT2D eigenvalue weighted by Crippen LogP contribution is -2.29. The summed E-state index contributed by atoms with van der Waals surface area (Å²) >= 11 is 0. The maximum atomic E-state index is 13.9. The number of rotatable bonds is 5. The molecule has 38 heavy (non-hydrogen) atoms. The van der Waals surface area contributed by atoms with E-state index in [1.807, 2.05) is 30.6 Å². The van der Waals surface area contributed by atoms with Gasteiger partial charge in [-0.3, -0.25) is 15.0 Å². The second kappa shape index (κ2) is 9.46. The fourth-order valence-electron chi connectivity index (χ4n) is 5.40. The third-order valence-corrected chi connectivity index (χ3v) is 7.30. The summed E-state index contributed by atoms with van der Waals surface area (Å²) in [5.41, 5.74) is 7.91. The average Bonchev–Trinajstić information content (AvgIpc) is 3.57. The number of likely N-dealkylation sites (tertiary alicyclic amines) is 1. The number of pyridine rings is 2. The Morgan fingerprint density at radius 1 is 0.895 bits per heavy atom. The Hall–Kier alpha value is -4.43. The second-order valence-electron chi connectivity index (χ2n) is 9.90. The molecule has 1 aliphatic rings. The van der Waals surface area contributed by atoms with E-state index in [-0.39, 0.29) is 5.82 Å². The van der Waals surface area contributed by atoms with Gasteiger partial charge < -0.3 is 4.98 Å². The predicted octanol–water partition coefficient (Wildman–Crippen LogP) is 6.36. The molecule has 0 spiro atoms. The zero-order valence-corrected chi connectivity index (χ0v) is 20.8. The molecular formula is C30H26FN7. The van der Waals surface area contributed by atoms with E-state index >= 15 is 0 Å². The standard InChI is InChI=1S/C30H26FN7/c31-23-6-4-5-21(14-23)24-9-10-33-29-27(24)34-30(35-29)28-25-15-20(7-8-26(25)36-37-28)22-13-19(16-32-17-22)18-38-11-2-1-3-12-38/h4-10,13-17H,1-3,11-12,18H2,(H,36,37)(H,33,34,35). The molecule has 0 bridgehead atoms. The van der Waals surface area contributed by atoms with Crippen molar-refractivity contribution in [2.24, 2.45) is 0 Å². The molecule has 188 valence electrons. The molecule has 0 amide bonds. The number of hydrogen-bond acceptors (Lipinski definition) is 5. The van der Waals surface area contributed by atoms with Gasteiger partial charge in [-0.2, -0.15) is 5.10 Å². The van der Waals surface area contributed by atoms with Crippen LogP contribution in [-0.4, -0.2) is 48.1 Å². The van der Waals surface area contributed by atoms with Crippen LogP contribution < -0.4 is 0 Å². The molecule has 0 saturated carbocycles.